The van der Waals surface area contributed by atoms with Crippen LogP contribution in [0.2, 0.25) is 0 Å². The summed E-state index contributed by atoms with van der Waals surface area (Å²) in [5.74, 6) is 0. The van der Waals surface area contributed by atoms with Gasteiger partial charge in [-0.25, -0.2) is 0 Å². The lowest BCUT2D eigenvalue weighted by Crippen LogP contribution is -2.22. The molecule has 0 saturated heterocycles. The number of hydrogen-bond donors (Lipinski definition) is 2. The van der Waals surface area contributed by atoms with Crippen LogP contribution < -0.4 is 5.32 Å². The van der Waals surface area contributed by atoms with Crippen molar-refractivity contribution in [1.82, 2.24) is 10.3 Å². The molecule has 3 heteroatoms. The van der Waals surface area contributed by atoms with Crippen LogP contribution in [-0.2, 0) is 6.42 Å². The SMILES string of the molecule is CCCNC(CC)c1c(CC)[nH]c2c(Br)cccc12. The molecule has 1 unspecified atom stereocenters. The summed E-state index contributed by atoms with van der Waals surface area (Å²) in [7, 11) is 0. The maximum Gasteiger partial charge on any atom is 0.0603 e. The maximum atomic E-state index is 3.67. The number of nitrogens with one attached hydrogen (secondary N) is 2. The minimum atomic E-state index is 0.443. The van der Waals surface area contributed by atoms with Crippen molar-refractivity contribution in [3.8, 4) is 0 Å². The standard InChI is InChI=1S/C16H23BrN2/c1-4-10-18-13(5-2)15-11-8-7-9-12(17)16(11)19-14(15)6-3/h7-9,13,18-19H,4-6,10H2,1-3H3. The van der Waals surface area contributed by atoms with E-state index in [1.54, 1.807) is 0 Å². The van der Waals surface area contributed by atoms with E-state index in [4.69, 9.17) is 0 Å². The van der Waals surface area contributed by atoms with Crippen molar-refractivity contribution in [3.63, 3.8) is 0 Å². The number of H-pyrrole nitrogens is 1. The van der Waals surface area contributed by atoms with E-state index in [1.165, 1.54) is 28.6 Å². The number of fused-ring (bicyclic) bond motifs is 1. The third kappa shape index (κ3) is 2.87. The summed E-state index contributed by atoms with van der Waals surface area (Å²) < 4.78 is 1.15. The Bertz CT molecular complexity index is 545. The van der Waals surface area contributed by atoms with E-state index >= 15 is 0 Å². The van der Waals surface area contributed by atoms with Crippen molar-refractivity contribution < 1.29 is 0 Å². The van der Waals surface area contributed by atoms with E-state index in [1.807, 2.05) is 0 Å². The van der Waals surface area contributed by atoms with Crippen LogP contribution >= 0.6 is 15.9 Å². The first-order chi connectivity index (χ1) is 9.22. The van der Waals surface area contributed by atoms with Crippen LogP contribution in [0.5, 0.6) is 0 Å². The van der Waals surface area contributed by atoms with Gasteiger partial charge >= 0.3 is 0 Å². The van der Waals surface area contributed by atoms with Gasteiger partial charge in [0, 0.05) is 21.6 Å². The Morgan fingerprint density at radius 1 is 1.26 bits per heavy atom. The molecule has 2 aromatic rings. The Hall–Kier alpha value is -0.800. The van der Waals surface area contributed by atoms with E-state index < -0.39 is 0 Å². The Kier molecular flexibility index (Phi) is 5.06. The molecule has 2 rings (SSSR count). The molecule has 1 aromatic heterocycles. The van der Waals surface area contributed by atoms with Crippen molar-refractivity contribution in [1.29, 1.82) is 0 Å². The van der Waals surface area contributed by atoms with Crippen molar-refractivity contribution in [3.05, 3.63) is 33.9 Å². The van der Waals surface area contributed by atoms with Crippen LogP contribution in [-0.4, -0.2) is 11.5 Å². The van der Waals surface area contributed by atoms with Crippen LogP contribution in [0, 0.1) is 0 Å². The molecular weight excluding hydrogens is 300 g/mol. The molecule has 0 spiro atoms. The monoisotopic (exact) mass is 322 g/mol. The fourth-order valence-corrected chi connectivity index (χ4v) is 3.17. The van der Waals surface area contributed by atoms with Gasteiger partial charge < -0.3 is 10.3 Å². The first kappa shape index (κ1) is 14.6. The Morgan fingerprint density at radius 2 is 2.05 bits per heavy atom. The molecule has 19 heavy (non-hydrogen) atoms. The largest absolute Gasteiger partial charge is 0.357 e. The predicted molar refractivity (Wildman–Crippen MR) is 86.7 cm³/mol. The zero-order valence-electron chi connectivity index (χ0n) is 12.0. The smallest absolute Gasteiger partial charge is 0.0603 e. The topological polar surface area (TPSA) is 27.8 Å². The van der Waals surface area contributed by atoms with Gasteiger partial charge in [-0.2, -0.15) is 0 Å². The first-order valence-electron chi connectivity index (χ1n) is 7.25. The molecule has 0 bridgehead atoms. The van der Waals surface area contributed by atoms with Gasteiger partial charge in [-0.3, -0.25) is 0 Å². The number of aryl methyl sites for hydroxylation is 1. The summed E-state index contributed by atoms with van der Waals surface area (Å²) in [6.07, 6.45) is 3.33. The summed E-state index contributed by atoms with van der Waals surface area (Å²) in [4.78, 5) is 3.59. The number of benzene rings is 1. The van der Waals surface area contributed by atoms with E-state index in [-0.39, 0.29) is 0 Å². The number of aromatic nitrogens is 1. The summed E-state index contributed by atoms with van der Waals surface area (Å²) >= 11 is 3.65. The van der Waals surface area contributed by atoms with Gasteiger partial charge in [0.05, 0.1) is 5.52 Å². The first-order valence-corrected chi connectivity index (χ1v) is 8.04. The number of rotatable bonds is 6. The van der Waals surface area contributed by atoms with Crippen LogP contribution in [0.15, 0.2) is 22.7 Å². The number of para-hydroxylation sites is 1. The fourth-order valence-electron chi connectivity index (χ4n) is 2.70. The van der Waals surface area contributed by atoms with E-state index in [0.29, 0.717) is 6.04 Å². The normalized spacial score (nSPS) is 13.1. The minimum absolute atomic E-state index is 0.443. The minimum Gasteiger partial charge on any atom is -0.357 e. The van der Waals surface area contributed by atoms with Gasteiger partial charge in [0.25, 0.3) is 0 Å². The number of halogens is 1. The highest BCUT2D eigenvalue weighted by molar-refractivity contribution is 9.10. The van der Waals surface area contributed by atoms with Crippen LogP contribution in [0.3, 0.4) is 0 Å². The van der Waals surface area contributed by atoms with Crippen molar-refractivity contribution >= 4 is 26.8 Å². The maximum absolute atomic E-state index is 3.67. The molecule has 2 nitrogen and oxygen atoms in total. The Balaban J connectivity index is 2.52. The summed E-state index contributed by atoms with van der Waals surface area (Å²) in [6.45, 7) is 7.76. The van der Waals surface area contributed by atoms with Gasteiger partial charge in [-0.15, -0.1) is 0 Å². The van der Waals surface area contributed by atoms with Crippen molar-refractivity contribution in [2.75, 3.05) is 6.54 Å². The second kappa shape index (κ2) is 6.58. The highest BCUT2D eigenvalue weighted by Crippen LogP contribution is 2.33. The summed E-state index contributed by atoms with van der Waals surface area (Å²) in [6, 6.07) is 6.89. The number of hydrogen-bond acceptors (Lipinski definition) is 1. The zero-order valence-corrected chi connectivity index (χ0v) is 13.6. The van der Waals surface area contributed by atoms with E-state index in [2.05, 4.69) is 65.2 Å². The third-order valence-corrected chi connectivity index (χ3v) is 4.32. The van der Waals surface area contributed by atoms with Gasteiger partial charge in [0.15, 0.2) is 0 Å². The molecule has 1 heterocycles. The molecule has 0 amide bonds. The van der Waals surface area contributed by atoms with Crippen LogP contribution in [0.1, 0.15) is 50.9 Å². The lowest BCUT2D eigenvalue weighted by Gasteiger charge is -2.18. The molecule has 0 aliphatic rings. The Labute approximate surface area is 124 Å². The quantitative estimate of drug-likeness (QED) is 0.774. The predicted octanol–water partition coefficient (Wildman–Crippen LogP) is 4.94. The van der Waals surface area contributed by atoms with Gasteiger partial charge in [0.2, 0.25) is 0 Å². The average molecular weight is 323 g/mol. The Morgan fingerprint density at radius 3 is 2.68 bits per heavy atom. The van der Waals surface area contributed by atoms with Gasteiger partial charge in [0.1, 0.15) is 0 Å². The molecule has 0 aliphatic carbocycles. The summed E-state index contributed by atoms with van der Waals surface area (Å²) in [5, 5.41) is 5.02. The van der Waals surface area contributed by atoms with E-state index in [9.17, 15) is 0 Å². The molecule has 0 aliphatic heterocycles. The van der Waals surface area contributed by atoms with Crippen LogP contribution in [0.4, 0.5) is 0 Å². The average Bonchev–Trinajstić information content (AvgIpc) is 2.80. The third-order valence-electron chi connectivity index (χ3n) is 3.66. The van der Waals surface area contributed by atoms with Crippen LogP contribution in [0.25, 0.3) is 10.9 Å². The summed E-state index contributed by atoms with van der Waals surface area (Å²) in [5.41, 5.74) is 4.04. The molecule has 1 atom stereocenters. The number of aromatic amines is 1. The molecule has 2 N–H and O–H groups in total. The second-order valence-corrected chi connectivity index (χ2v) is 5.80. The highest BCUT2D eigenvalue weighted by atomic mass is 79.9. The van der Waals surface area contributed by atoms with Gasteiger partial charge in [-0.1, -0.05) is 32.9 Å². The molecule has 0 radical (unpaired) electrons. The lowest BCUT2D eigenvalue weighted by atomic mass is 9.99. The lowest BCUT2D eigenvalue weighted by molar-refractivity contribution is 0.518. The van der Waals surface area contributed by atoms with Crippen molar-refractivity contribution in [2.24, 2.45) is 0 Å². The second-order valence-electron chi connectivity index (χ2n) is 4.95. The molecular formula is C16H23BrN2. The molecule has 0 fully saturated rings. The fraction of sp³-hybridized carbons (Fsp3) is 0.500. The molecule has 104 valence electrons. The zero-order chi connectivity index (χ0) is 13.8. The van der Waals surface area contributed by atoms with E-state index in [0.717, 1.165) is 23.9 Å². The highest BCUT2D eigenvalue weighted by Gasteiger charge is 2.18. The van der Waals surface area contributed by atoms with Crippen molar-refractivity contribution in [2.45, 2.75) is 46.1 Å². The molecule has 1 aromatic carbocycles. The van der Waals surface area contributed by atoms with Gasteiger partial charge in [-0.05, 0) is 53.4 Å². The molecule has 0 saturated carbocycles.